The van der Waals surface area contributed by atoms with E-state index in [0.29, 0.717) is 23.0 Å². The summed E-state index contributed by atoms with van der Waals surface area (Å²) >= 11 is 0. The molecule has 0 aliphatic carbocycles. The van der Waals surface area contributed by atoms with Crippen molar-refractivity contribution in [2.24, 2.45) is 7.05 Å². The van der Waals surface area contributed by atoms with E-state index in [4.69, 9.17) is 4.52 Å². The number of amides is 2. The number of halogens is 1. The zero-order chi connectivity index (χ0) is 17.1. The van der Waals surface area contributed by atoms with Crippen molar-refractivity contribution in [3.05, 3.63) is 65.7 Å². The van der Waals surface area contributed by atoms with Crippen LogP contribution in [0, 0.1) is 12.7 Å². The van der Waals surface area contributed by atoms with Crippen molar-refractivity contribution < 1.29 is 13.7 Å². The van der Waals surface area contributed by atoms with Crippen LogP contribution >= 0.6 is 0 Å². The summed E-state index contributed by atoms with van der Waals surface area (Å²) in [6.45, 7) is 1.72. The molecular weight excluding hydrogens is 313 g/mol. The van der Waals surface area contributed by atoms with Gasteiger partial charge >= 0.3 is 6.03 Å². The highest BCUT2D eigenvalue weighted by Crippen LogP contribution is 2.21. The first kappa shape index (κ1) is 15.7. The molecule has 3 aromatic rings. The van der Waals surface area contributed by atoms with Crippen LogP contribution in [0.5, 0.6) is 0 Å². The molecule has 0 spiro atoms. The normalized spacial score (nSPS) is 12.0. The number of benzene rings is 1. The Morgan fingerprint density at radius 2 is 2.21 bits per heavy atom. The molecule has 0 aliphatic heterocycles. The molecule has 24 heavy (non-hydrogen) atoms. The monoisotopic (exact) mass is 329 g/mol. The number of hydrogen-bond acceptors (Lipinski definition) is 4. The SMILES string of the molecule is Cc1cc(NC(=O)NC(c2cccc(F)c2)c2nccn2C)no1. The Hall–Kier alpha value is -3.16. The molecule has 8 heteroatoms. The molecule has 0 fully saturated rings. The summed E-state index contributed by atoms with van der Waals surface area (Å²) in [6.07, 6.45) is 3.37. The molecule has 1 aromatic carbocycles. The maximum absolute atomic E-state index is 13.6. The minimum absolute atomic E-state index is 0.294. The third-order valence-electron chi connectivity index (χ3n) is 3.44. The van der Waals surface area contributed by atoms with Crippen molar-refractivity contribution >= 4 is 11.8 Å². The van der Waals surface area contributed by atoms with E-state index in [0.717, 1.165) is 0 Å². The molecule has 2 heterocycles. The van der Waals surface area contributed by atoms with E-state index >= 15 is 0 Å². The summed E-state index contributed by atoms with van der Waals surface area (Å²) in [7, 11) is 1.80. The first-order chi connectivity index (χ1) is 11.5. The molecule has 1 atom stereocenters. The topological polar surface area (TPSA) is 85.0 Å². The molecule has 7 nitrogen and oxygen atoms in total. The lowest BCUT2D eigenvalue weighted by Gasteiger charge is -2.19. The van der Waals surface area contributed by atoms with Crippen LogP contribution in [0.25, 0.3) is 0 Å². The van der Waals surface area contributed by atoms with Crippen LogP contribution in [-0.4, -0.2) is 20.7 Å². The van der Waals surface area contributed by atoms with E-state index in [1.165, 1.54) is 12.1 Å². The number of carbonyl (C=O) groups is 1. The molecule has 0 aliphatic rings. The summed E-state index contributed by atoms with van der Waals surface area (Å²) in [6, 6.07) is 6.49. The Labute approximate surface area is 137 Å². The number of anilines is 1. The van der Waals surface area contributed by atoms with Gasteiger partial charge in [0.1, 0.15) is 23.4 Å². The molecule has 0 saturated heterocycles. The predicted octanol–water partition coefficient (Wildman–Crippen LogP) is 2.77. The van der Waals surface area contributed by atoms with E-state index in [1.807, 2.05) is 0 Å². The van der Waals surface area contributed by atoms with Gasteiger partial charge in [-0.25, -0.2) is 14.2 Å². The Morgan fingerprint density at radius 3 is 2.83 bits per heavy atom. The fourth-order valence-electron chi connectivity index (χ4n) is 2.35. The number of imidazole rings is 1. The average Bonchev–Trinajstić information content (AvgIpc) is 3.13. The smallest absolute Gasteiger partial charge is 0.321 e. The van der Waals surface area contributed by atoms with E-state index in [9.17, 15) is 9.18 Å². The number of hydrogen-bond donors (Lipinski definition) is 2. The van der Waals surface area contributed by atoms with Crippen LogP contribution in [0.2, 0.25) is 0 Å². The molecule has 2 N–H and O–H groups in total. The van der Waals surface area contributed by atoms with Crippen LogP contribution in [0.3, 0.4) is 0 Å². The van der Waals surface area contributed by atoms with Crippen LogP contribution in [0.1, 0.15) is 23.2 Å². The standard InChI is InChI=1S/C16H16FN5O2/c1-10-8-13(21-24-10)19-16(23)20-14(15-18-6-7-22(15)2)11-4-3-5-12(17)9-11/h3-9,14H,1-2H3,(H2,19,20,21,23). The first-order valence-corrected chi connectivity index (χ1v) is 7.26. The van der Waals surface area contributed by atoms with Gasteiger partial charge in [-0.15, -0.1) is 0 Å². The number of nitrogens with zero attached hydrogens (tertiary/aromatic N) is 3. The minimum atomic E-state index is -0.617. The van der Waals surface area contributed by atoms with Crippen LogP contribution < -0.4 is 10.6 Å². The predicted molar refractivity (Wildman–Crippen MR) is 84.8 cm³/mol. The summed E-state index contributed by atoms with van der Waals surface area (Å²) in [4.78, 5) is 16.5. The molecule has 0 radical (unpaired) electrons. The van der Waals surface area contributed by atoms with Gasteiger partial charge in [0.2, 0.25) is 0 Å². The van der Waals surface area contributed by atoms with Gasteiger partial charge in [-0.2, -0.15) is 0 Å². The highest BCUT2D eigenvalue weighted by atomic mass is 19.1. The van der Waals surface area contributed by atoms with Crippen molar-refractivity contribution in [2.75, 3.05) is 5.32 Å². The van der Waals surface area contributed by atoms with Gasteiger partial charge in [0.05, 0.1) is 0 Å². The summed E-state index contributed by atoms with van der Waals surface area (Å²) in [5.41, 5.74) is 0.579. The van der Waals surface area contributed by atoms with Crippen molar-refractivity contribution in [2.45, 2.75) is 13.0 Å². The number of nitrogens with one attached hydrogen (secondary N) is 2. The Balaban J connectivity index is 1.85. The fourth-order valence-corrected chi connectivity index (χ4v) is 2.35. The third kappa shape index (κ3) is 3.43. The summed E-state index contributed by atoms with van der Waals surface area (Å²) in [5, 5.41) is 9.06. The van der Waals surface area contributed by atoms with Crippen molar-refractivity contribution in [1.29, 1.82) is 0 Å². The highest BCUT2D eigenvalue weighted by molar-refractivity contribution is 5.88. The van der Waals surface area contributed by atoms with Crippen LogP contribution in [-0.2, 0) is 7.05 Å². The summed E-state index contributed by atoms with van der Waals surface area (Å²) in [5.74, 6) is 1.06. The van der Waals surface area contributed by atoms with Crippen molar-refractivity contribution in [3.8, 4) is 0 Å². The molecule has 2 amide bonds. The van der Waals surface area contributed by atoms with Gasteiger partial charge in [-0.3, -0.25) is 5.32 Å². The van der Waals surface area contributed by atoms with Crippen LogP contribution in [0.4, 0.5) is 15.0 Å². The molecule has 124 valence electrons. The lowest BCUT2D eigenvalue weighted by Crippen LogP contribution is -2.34. The van der Waals surface area contributed by atoms with E-state index in [2.05, 4.69) is 20.8 Å². The van der Waals surface area contributed by atoms with Crippen LogP contribution in [0.15, 0.2) is 47.2 Å². The van der Waals surface area contributed by atoms with Gasteiger partial charge in [0.15, 0.2) is 5.82 Å². The van der Waals surface area contributed by atoms with E-state index in [-0.39, 0.29) is 5.82 Å². The number of aryl methyl sites for hydroxylation is 2. The maximum atomic E-state index is 13.6. The summed E-state index contributed by atoms with van der Waals surface area (Å²) < 4.78 is 20.2. The van der Waals surface area contributed by atoms with Crippen molar-refractivity contribution in [3.63, 3.8) is 0 Å². The van der Waals surface area contributed by atoms with Crippen molar-refractivity contribution in [1.82, 2.24) is 20.0 Å². The molecule has 3 rings (SSSR count). The Morgan fingerprint density at radius 1 is 1.38 bits per heavy atom. The second-order valence-electron chi connectivity index (χ2n) is 5.31. The number of aromatic nitrogens is 3. The third-order valence-corrected chi connectivity index (χ3v) is 3.44. The highest BCUT2D eigenvalue weighted by Gasteiger charge is 2.21. The lowest BCUT2D eigenvalue weighted by molar-refractivity contribution is 0.249. The van der Waals surface area contributed by atoms with Gasteiger partial charge in [0.25, 0.3) is 0 Å². The first-order valence-electron chi connectivity index (χ1n) is 7.26. The number of carbonyl (C=O) groups excluding carboxylic acids is 1. The molecule has 2 aromatic heterocycles. The average molecular weight is 329 g/mol. The Bertz CT molecular complexity index is 858. The second-order valence-corrected chi connectivity index (χ2v) is 5.31. The quantitative estimate of drug-likeness (QED) is 0.771. The lowest BCUT2D eigenvalue weighted by atomic mass is 10.1. The number of rotatable bonds is 4. The zero-order valence-electron chi connectivity index (χ0n) is 13.2. The fraction of sp³-hybridized carbons (Fsp3) is 0.188. The minimum Gasteiger partial charge on any atom is -0.360 e. The second kappa shape index (κ2) is 6.53. The van der Waals surface area contributed by atoms with Gasteiger partial charge in [-0.1, -0.05) is 17.3 Å². The zero-order valence-corrected chi connectivity index (χ0v) is 13.2. The molecule has 0 bridgehead atoms. The molecule has 1 unspecified atom stereocenters. The van der Waals surface area contributed by atoms with E-state index < -0.39 is 12.1 Å². The van der Waals surface area contributed by atoms with E-state index in [1.54, 1.807) is 49.1 Å². The maximum Gasteiger partial charge on any atom is 0.321 e. The molecule has 0 saturated carbocycles. The number of urea groups is 1. The van der Waals surface area contributed by atoms with Gasteiger partial charge in [0, 0.05) is 25.5 Å². The Kier molecular flexibility index (Phi) is 4.28. The van der Waals surface area contributed by atoms with Gasteiger partial charge in [-0.05, 0) is 24.6 Å². The van der Waals surface area contributed by atoms with Gasteiger partial charge < -0.3 is 14.4 Å². The largest absolute Gasteiger partial charge is 0.360 e. The molecular formula is C16H16FN5O2.